The van der Waals surface area contributed by atoms with Crippen molar-refractivity contribution in [3.8, 4) is 0 Å². The smallest absolute Gasteiger partial charge is 0.331 e. The number of carboxylic acids is 1. The Morgan fingerprint density at radius 3 is 2.68 bits per heavy atom. The molecule has 1 amide bonds. The minimum atomic E-state index is -1.01. The Morgan fingerprint density at radius 2 is 1.95 bits per heavy atom. The summed E-state index contributed by atoms with van der Waals surface area (Å²) in [6.45, 7) is 0.403. The molecule has 0 spiro atoms. The minimum absolute atomic E-state index is 0.104. The summed E-state index contributed by atoms with van der Waals surface area (Å²) in [4.78, 5) is 33.3. The fraction of sp³-hybridized carbons (Fsp3) is 0.250. The van der Waals surface area contributed by atoms with Gasteiger partial charge in [-0.3, -0.25) is 4.79 Å². The summed E-state index contributed by atoms with van der Waals surface area (Å²) in [5.74, 6) is -1.23. The van der Waals surface area contributed by atoms with Crippen LogP contribution in [0.25, 0.3) is 0 Å². The lowest BCUT2D eigenvalue weighted by Crippen LogP contribution is -2.44. The van der Waals surface area contributed by atoms with Gasteiger partial charge in [0.15, 0.2) is 6.04 Å². The maximum absolute atomic E-state index is 12.5. The van der Waals surface area contributed by atoms with Crippen LogP contribution in [0.2, 0.25) is 0 Å². The second-order valence-electron chi connectivity index (χ2n) is 5.20. The minimum Gasteiger partial charge on any atom is -0.479 e. The van der Waals surface area contributed by atoms with Crippen LogP contribution in [0.4, 0.5) is 0 Å². The zero-order valence-electron chi connectivity index (χ0n) is 11.8. The number of benzene rings is 1. The molecule has 0 bridgehead atoms. The fourth-order valence-corrected chi connectivity index (χ4v) is 2.80. The van der Waals surface area contributed by atoms with E-state index in [2.05, 4.69) is 9.97 Å². The van der Waals surface area contributed by atoms with Crippen molar-refractivity contribution < 1.29 is 14.7 Å². The number of carbonyl (C=O) groups excluding carboxylic acids is 1. The molecule has 2 aromatic rings. The van der Waals surface area contributed by atoms with Gasteiger partial charge in [-0.1, -0.05) is 24.3 Å². The molecule has 2 heterocycles. The van der Waals surface area contributed by atoms with E-state index in [4.69, 9.17) is 0 Å². The highest BCUT2D eigenvalue weighted by Crippen LogP contribution is 2.30. The molecule has 1 aromatic carbocycles. The van der Waals surface area contributed by atoms with Crippen LogP contribution < -0.4 is 0 Å². The van der Waals surface area contributed by atoms with Gasteiger partial charge in [-0.25, -0.2) is 14.8 Å². The molecule has 0 saturated carbocycles. The molecule has 3 rings (SSSR count). The molecule has 112 valence electrons. The van der Waals surface area contributed by atoms with Crippen molar-refractivity contribution in [3.05, 3.63) is 59.7 Å². The molecule has 0 radical (unpaired) electrons. The van der Waals surface area contributed by atoms with Crippen molar-refractivity contribution in [3.63, 3.8) is 0 Å². The summed E-state index contributed by atoms with van der Waals surface area (Å²) in [5.41, 5.74) is 2.36. The number of carboxylic acid groups (broad SMARTS) is 1. The summed E-state index contributed by atoms with van der Waals surface area (Å²) in [6, 6.07) is 6.45. The highest BCUT2D eigenvalue weighted by molar-refractivity contribution is 5.86. The second-order valence-corrected chi connectivity index (χ2v) is 5.20. The van der Waals surface area contributed by atoms with Crippen molar-refractivity contribution in [2.45, 2.75) is 18.9 Å². The lowest BCUT2D eigenvalue weighted by Gasteiger charge is -2.34. The van der Waals surface area contributed by atoms with E-state index >= 15 is 0 Å². The number of aromatic nitrogens is 2. The molecule has 1 aliphatic heterocycles. The number of hydrogen-bond acceptors (Lipinski definition) is 4. The largest absolute Gasteiger partial charge is 0.479 e. The van der Waals surface area contributed by atoms with Crippen LogP contribution in [0, 0.1) is 0 Å². The number of nitrogens with zero attached hydrogens (tertiary/aromatic N) is 3. The molecule has 6 nitrogen and oxygen atoms in total. The van der Waals surface area contributed by atoms with Crippen LogP contribution in [-0.2, 0) is 22.4 Å². The van der Waals surface area contributed by atoms with E-state index < -0.39 is 12.0 Å². The van der Waals surface area contributed by atoms with Gasteiger partial charge >= 0.3 is 5.97 Å². The highest BCUT2D eigenvalue weighted by atomic mass is 16.4. The molecule has 1 N–H and O–H groups in total. The number of carbonyl (C=O) groups is 2. The van der Waals surface area contributed by atoms with Crippen molar-refractivity contribution in [2.24, 2.45) is 0 Å². The van der Waals surface area contributed by atoms with Crippen LogP contribution >= 0.6 is 0 Å². The van der Waals surface area contributed by atoms with Gasteiger partial charge in [0.25, 0.3) is 0 Å². The van der Waals surface area contributed by atoms with Gasteiger partial charge in [0, 0.05) is 18.9 Å². The Hall–Kier alpha value is -2.76. The number of amides is 1. The third kappa shape index (κ3) is 2.67. The Kier molecular flexibility index (Phi) is 3.82. The van der Waals surface area contributed by atoms with E-state index in [1.807, 2.05) is 12.1 Å². The summed E-state index contributed by atoms with van der Waals surface area (Å²) in [7, 11) is 0. The Morgan fingerprint density at radius 1 is 1.23 bits per heavy atom. The van der Waals surface area contributed by atoms with E-state index in [1.165, 1.54) is 11.2 Å². The first kappa shape index (κ1) is 14.2. The van der Waals surface area contributed by atoms with Gasteiger partial charge in [-0.05, 0) is 23.1 Å². The predicted octanol–water partition coefficient (Wildman–Crippen LogP) is 1.23. The Labute approximate surface area is 127 Å². The van der Waals surface area contributed by atoms with Crippen molar-refractivity contribution in [1.29, 1.82) is 0 Å². The average molecular weight is 297 g/mol. The lowest BCUT2D eigenvalue weighted by molar-refractivity contribution is -0.151. The molecule has 1 unspecified atom stereocenters. The van der Waals surface area contributed by atoms with Crippen molar-refractivity contribution in [2.75, 3.05) is 6.54 Å². The third-order valence-electron chi connectivity index (χ3n) is 3.81. The quantitative estimate of drug-likeness (QED) is 0.921. The topological polar surface area (TPSA) is 83.4 Å². The van der Waals surface area contributed by atoms with Gasteiger partial charge < -0.3 is 10.0 Å². The standard InChI is InChI=1S/C16H15N3O3/c20-14(7-11-8-17-10-18-9-11)19-6-5-12-3-1-2-4-13(12)15(19)16(21)22/h1-4,8-10,15H,5-7H2,(H,21,22). The number of aliphatic carboxylic acids is 1. The number of hydrogen-bond donors (Lipinski definition) is 1. The number of rotatable bonds is 3. The zero-order chi connectivity index (χ0) is 15.5. The summed E-state index contributed by atoms with van der Waals surface area (Å²) in [5, 5.41) is 9.55. The van der Waals surface area contributed by atoms with Crippen LogP contribution in [0.15, 0.2) is 43.0 Å². The van der Waals surface area contributed by atoms with Crippen LogP contribution in [0.5, 0.6) is 0 Å². The molecule has 22 heavy (non-hydrogen) atoms. The molecule has 6 heteroatoms. The highest BCUT2D eigenvalue weighted by Gasteiger charge is 2.35. The molecule has 1 aliphatic rings. The molecule has 0 saturated heterocycles. The first-order chi connectivity index (χ1) is 10.7. The summed E-state index contributed by atoms with van der Waals surface area (Å²) < 4.78 is 0. The fourth-order valence-electron chi connectivity index (χ4n) is 2.80. The monoisotopic (exact) mass is 297 g/mol. The molecule has 1 aromatic heterocycles. The summed E-state index contributed by atoms with van der Waals surface area (Å²) in [6.07, 6.45) is 5.30. The first-order valence-electron chi connectivity index (χ1n) is 7.01. The second kappa shape index (κ2) is 5.93. The Balaban J connectivity index is 1.87. The van der Waals surface area contributed by atoms with Crippen LogP contribution in [0.1, 0.15) is 22.7 Å². The zero-order valence-corrected chi connectivity index (χ0v) is 11.8. The average Bonchev–Trinajstić information content (AvgIpc) is 2.54. The van der Waals surface area contributed by atoms with Gasteiger partial charge in [-0.2, -0.15) is 0 Å². The van der Waals surface area contributed by atoms with Crippen LogP contribution in [0.3, 0.4) is 0 Å². The number of fused-ring (bicyclic) bond motifs is 1. The van der Waals surface area contributed by atoms with Crippen molar-refractivity contribution >= 4 is 11.9 Å². The predicted molar refractivity (Wildman–Crippen MR) is 78.0 cm³/mol. The van der Waals surface area contributed by atoms with Crippen molar-refractivity contribution in [1.82, 2.24) is 14.9 Å². The van der Waals surface area contributed by atoms with Crippen LogP contribution in [-0.4, -0.2) is 38.4 Å². The Bertz CT molecular complexity index is 703. The van der Waals surface area contributed by atoms with Gasteiger partial charge in [0.1, 0.15) is 6.33 Å². The van der Waals surface area contributed by atoms with E-state index in [0.717, 1.165) is 5.56 Å². The van der Waals surface area contributed by atoms with Gasteiger partial charge in [0.2, 0.25) is 5.91 Å². The SMILES string of the molecule is O=C(O)C1c2ccccc2CCN1C(=O)Cc1cncnc1. The van der Waals surface area contributed by atoms with E-state index in [-0.39, 0.29) is 12.3 Å². The first-order valence-corrected chi connectivity index (χ1v) is 7.01. The van der Waals surface area contributed by atoms with Gasteiger partial charge in [-0.15, -0.1) is 0 Å². The van der Waals surface area contributed by atoms with E-state index in [0.29, 0.717) is 24.1 Å². The molecular formula is C16H15N3O3. The maximum atomic E-state index is 12.5. The molecule has 0 fully saturated rings. The maximum Gasteiger partial charge on any atom is 0.331 e. The molecule has 0 aliphatic carbocycles. The normalized spacial score (nSPS) is 16.9. The van der Waals surface area contributed by atoms with E-state index in [1.54, 1.807) is 24.5 Å². The summed E-state index contributed by atoms with van der Waals surface area (Å²) >= 11 is 0. The third-order valence-corrected chi connectivity index (χ3v) is 3.81. The lowest BCUT2D eigenvalue weighted by atomic mass is 9.92. The van der Waals surface area contributed by atoms with E-state index in [9.17, 15) is 14.7 Å². The molecule has 1 atom stereocenters. The molecular weight excluding hydrogens is 282 g/mol. The van der Waals surface area contributed by atoms with Gasteiger partial charge in [0.05, 0.1) is 6.42 Å².